The lowest BCUT2D eigenvalue weighted by molar-refractivity contribution is 1.17. The fraction of sp³-hybridized carbons (Fsp3) is 0.375. The predicted octanol–water partition coefficient (Wildman–Crippen LogP) is 1.74. The smallest absolute Gasteiger partial charge is 0.0400 e. The Morgan fingerprint density at radius 1 is 1.40 bits per heavy atom. The van der Waals surface area contributed by atoms with Gasteiger partial charge in [0.2, 0.25) is 0 Å². The number of nitrogens with zero attached hydrogens (tertiary/aromatic N) is 1. The van der Waals surface area contributed by atoms with Crippen LogP contribution in [0, 0.1) is 13.8 Å². The van der Waals surface area contributed by atoms with Gasteiger partial charge in [0.25, 0.3) is 0 Å². The van der Waals surface area contributed by atoms with Crippen molar-refractivity contribution in [1.29, 1.82) is 0 Å². The van der Waals surface area contributed by atoms with Crippen LogP contribution in [0.2, 0.25) is 0 Å². The van der Waals surface area contributed by atoms with Crippen molar-refractivity contribution in [2.45, 2.75) is 13.8 Å². The molecule has 0 atom stereocenters. The van der Waals surface area contributed by atoms with Gasteiger partial charge in [-0.05, 0) is 25.5 Å². The summed E-state index contributed by atoms with van der Waals surface area (Å²) in [6, 6.07) is 2.04. The molecule has 0 aliphatic heterocycles. The molecule has 1 aromatic heterocycles. The van der Waals surface area contributed by atoms with Crippen molar-refractivity contribution in [1.82, 2.24) is 4.98 Å². The van der Waals surface area contributed by atoms with E-state index in [0.717, 1.165) is 11.4 Å². The van der Waals surface area contributed by atoms with Crippen LogP contribution in [0.15, 0.2) is 12.3 Å². The maximum absolute atomic E-state index is 4.15. The Morgan fingerprint density at radius 2 is 2.10 bits per heavy atom. The Labute approximate surface area is 61.3 Å². The topological polar surface area (TPSA) is 24.9 Å². The van der Waals surface area contributed by atoms with Gasteiger partial charge in [0.15, 0.2) is 0 Å². The first-order valence-corrected chi connectivity index (χ1v) is 3.35. The molecular weight excluding hydrogens is 124 g/mol. The zero-order chi connectivity index (χ0) is 7.56. The van der Waals surface area contributed by atoms with Crippen LogP contribution in [-0.2, 0) is 0 Å². The van der Waals surface area contributed by atoms with Crippen LogP contribution in [0.4, 0.5) is 5.69 Å². The molecule has 0 aliphatic carbocycles. The fourth-order valence-electron chi connectivity index (χ4n) is 0.898. The van der Waals surface area contributed by atoms with Crippen molar-refractivity contribution < 1.29 is 0 Å². The summed E-state index contributed by atoms with van der Waals surface area (Å²) in [6.45, 7) is 4.03. The summed E-state index contributed by atoms with van der Waals surface area (Å²) < 4.78 is 0. The molecule has 10 heavy (non-hydrogen) atoms. The number of aromatic nitrogens is 1. The molecule has 0 unspecified atom stereocenters. The second-order valence-electron chi connectivity index (χ2n) is 2.39. The van der Waals surface area contributed by atoms with E-state index in [1.165, 1.54) is 5.56 Å². The summed E-state index contributed by atoms with van der Waals surface area (Å²) in [5.74, 6) is 0. The molecule has 0 saturated carbocycles. The number of hydrogen-bond acceptors (Lipinski definition) is 2. The molecule has 0 aliphatic rings. The SMILES string of the molecule is CNc1cc(C)ncc1C. The maximum atomic E-state index is 4.15. The Balaban J connectivity index is 3.09. The molecule has 0 saturated heterocycles. The van der Waals surface area contributed by atoms with E-state index in [1.54, 1.807) is 0 Å². The average Bonchev–Trinajstić information content (AvgIpc) is 1.94. The van der Waals surface area contributed by atoms with Crippen LogP contribution in [0.1, 0.15) is 11.3 Å². The van der Waals surface area contributed by atoms with Crippen molar-refractivity contribution >= 4 is 5.69 Å². The molecule has 0 bridgehead atoms. The lowest BCUT2D eigenvalue weighted by Crippen LogP contribution is -1.93. The Morgan fingerprint density at radius 3 is 2.60 bits per heavy atom. The highest BCUT2D eigenvalue weighted by molar-refractivity contribution is 5.49. The number of hydrogen-bond donors (Lipinski definition) is 1. The first-order chi connectivity index (χ1) is 4.74. The van der Waals surface area contributed by atoms with Gasteiger partial charge in [-0.3, -0.25) is 4.98 Å². The second kappa shape index (κ2) is 2.69. The van der Waals surface area contributed by atoms with Crippen molar-refractivity contribution in [2.75, 3.05) is 12.4 Å². The highest BCUT2D eigenvalue weighted by Gasteiger charge is 1.94. The van der Waals surface area contributed by atoms with E-state index >= 15 is 0 Å². The molecule has 0 aromatic carbocycles. The summed E-state index contributed by atoms with van der Waals surface area (Å²) in [6.07, 6.45) is 1.88. The number of aryl methyl sites for hydroxylation is 2. The van der Waals surface area contributed by atoms with Gasteiger partial charge in [0.05, 0.1) is 0 Å². The molecule has 1 rings (SSSR count). The summed E-state index contributed by atoms with van der Waals surface area (Å²) in [4.78, 5) is 4.15. The van der Waals surface area contributed by atoms with E-state index < -0.39 is 0 Å². The number of pyridine rings is 1. The summed E-state index contributed by atoms with van der Waals surface area (Å²) >= 11 is 0. The van der Waals surface area contributed by atoms with Crippen LogP contribution in [0.25, 0.3) is 0 Å². The molecule has 2 heteroatoms. The monoisotopic (exact) mass is 136 g/mol. The standard InChI is InChI=1S/C8H12N2/c1-6-5-10-7(2)4-8(6)9-3/h4-5H,1-3H3,(H,9,10). The Hall–Kier alpha value is -1.05. The van der Waals surface area contributed by atoms with Crippen LogP contribution >= 0.6 is 0 Å². The molecule has 1 heterocycles. The van der Waals surface area contributed by atoms with Crippen molar-refractivity contribution in [3.05, 3.63) is 23.5 Å². The van der Waals surface area contributed by atoms with Gasteiger partial charge in [0.1, 0.15) is 0 Å². The summed E-state index contributed by atoms with van der Waals surface area (Å²) in [5, 5.41) is 3.10. The molecule has 0 radical (unpaired) electrons. The number of nitrogens with one attached hydrogen (secondary N) is 1. The van der Waals surface area contributed by atoms with Crippen molar-refractivity contribution in [2.24, 2.45) is 0 Å². The quantitative estimate of drug-likeness (QED) is 0.636. The van der Waals surface area contributed by atoms with E-state index in [2.05, 4.69) is 10.3 Å². The van der Waals surface area contributed by atoms with E-state index in [4.69, 9.17) is 0 Å². The van der Waals surface area contributed by atoms with E-state index in [0.29, 0.717) is 0 Å². The minimum Gasteiger partial charge on any atom is -0.388 e. The Bertz CT molecular complexity index is 231. The number of anilines is 1. The third-order valence-corrected chi connectivity index (χ3v) is 1.51. The van der Waals surface area contributed by atoms with E-state index in [-0.39, 0.29) is 0 Å². The largest absolute Gasteiger partial charge is 0.388 e. The maximum Gasteiger partial charge on any atom is 0.0400 e. The zero-order valence-electron chi connectivity index (χ0n) is 6.60. The van der Waals surface area contributed by atoms with Crippen LogP contribution in [0.3, 0.4) is 0 Å². The molecule has 0 fully saturated rings. The number of rotatable bonds is 1. The molecular formula is C8H12N2. The first-order valence-electron chi connectivity index (χ1n) is 3.35. The Kier molecular flexibility index (Phi) is 1.90. The third kappa shape index (κ3) is 1.26. The molecule has 1 aromatic rings. The minimum absolute atomic E-state index is 1.05. The van der Waals surface area contributed by atoms with Crippen LogP contribution in [0.5, 0.6) is 0 Å². The molecule has 2 nitrogen and oxygen atoms in total. The zero-order valence-corrected chi connectivity index (χ0v) is 6.60. The molecule has 0 spiro atoms. The summed E-state index contributed by atoms with van der Waals surface area (Å²) in [7, 11) is 1.92. The first kappa shape index (κ1) is 7.06. The average molecular weight is 136 g/mol. The van der Waals surface area contributed by atoms with Crippen molar-refractivity contribution in [3.63, 3.8) is 0 Å². The molecule has 1 N–H and O–H groups in total. The van der Waals surface area contributed by atoms with Gasteiger partial charge < -0.3 is 5.32 Å². The van der Waals surface area contributed by atoms with Gasteiger partial charge in [-0.15, -0.1) is 0 Å². The lowest BCUT2D eigenvalue weighted by Gasteiger charge is -2.03. The van der Waals surface area contributed by atoms with Crippen LogP contribution in [-0.4, -0.2) is 12.0 Å². The third-order valence-electron chi connectivity index (χ3n) is 1.51. The van der Waals surface area contributed by atoms with Crippen LogP contribution < -0.4 is 5.32 Å². The van der Waals surface area contributed by atoms with E-state index in [9.17, 15) is 0 Å². The van der Waals surface area contributed by atoms with Gasteiger partial charge in [-0.2, -0.15) is 0 Å². The van der Waals surface area contributed by atoms with Gasteiger partial charge >= 0.3 is 0 Å². The molecule has 0 amide bonds. The fourth-order valence-corrected chi connectivity index (χ4v) is 0.898. The lowest BCUT2D eigenvalue weighted by atomic mass is 10.2. The second-order valence-corrected chi connectivity index (χ2v) is 2.39. The summed E-state index contributed by atoms with van der Waals surface area (Å²) in [5.41, 5.74) is 3.40. The van der Waals surface area contributed by atoms with E-state index in [1.807, 2.05) is 33.2 Å². The van der Waals surface area contributed by atoms with Crippen molar-refractivity contribution in [3.8, 4) is 0 Å². The normalized spacial score (nSPS) is 9.50. The van der Waals surface area contributed by atoms with Gasteiger partial charge in [0, 0.05) is 24.6 Å². The minimum atomic E-state index is 1.05. The predicted molar refractivity (Wildman–Crippen MR) is 43.3 cm³/mol. The highest BCUT2D eigenvalue weighted by atomic mass is 14.8. The molecule has 54 valence electrons. The van der Waals surface area contributed by atoms with Gasteiger partial charge in [-0.25, -0.2) is 0 Å². The van der Waals surface area contributed by atoms with Gasteiger partial charge in [-0.1, -0.05) is 0 Å². The highest BCUT2D eigenvalue weighted by Crippen LogP contribution is 2.12.